The Morgan fingerprint density at radius 3 is 2.53 bits per heavy atom. The van der Waals surface area contributed by atoms with Crippen LogP contribution < -0.4 is 4.74 Å². The molecule has 1 aliphatic carbocycles. The van der Waals surface area contributed by atoms with Crippen molar-refractivity contribution in [2.75, 3.05) is 13.2 Å². The van der Waals surface area contributed by atoms with Crippen LogP contribution in [-0.4, -0.2) is 55.8 Å². The van der Waals surface area contributed by atoms with Crippen molar-refractivity contribution in [3.05, 3.63) is 53.4 Å². The van der Waals surface area contributed by atoms with Crippen LogP contribution in [0.15, 0.2) is 47.6 Å². The Labute approximate surface area is 199 Å². The van der Waals surface area contributed by atoms with E-state index < -0.39 is 6.10 Å². The van der Waals surface area contributed by atoms with E-state index in [-0.39, 0.29) is 25.0 Å². The molecule has 1 unspecified atom stereocenters. The summed E-state index contributed by atoms with van der Waals surface area (Å²) in [6.45, 7) is 6.50. The number of allylic oxidation sites excluding steroid dienone is 1. The highest BCUT2D eigenvalue weighted by molar-refractivity contribution is 6.20. The number of carbonyl (C=O) groups is 2. The second-order valence-electron chi connectivity index (χ2n) is 8.75. The zero-order chi connectivity index (χ0) is 24.2. The van der Waals surface area contributed by atoms with E-state index in [1.165, 1.54) is 12.8 Å². The summed E-state index contributed by atoms with van der Waals surface area (Å²) in [7, 11) is 0. The Morgan fingerprint density at radius 2 is 1.91 bits per heavy atom. The highest BCUT2D eigenvalue weighted by Gasteiger charge is 2.36. The standard InChI is InChI=1S/C26H32N4O4/c1-4-7-22-21(6-3)25(32)29(26(22)33)15-19(31)16-34-20-12-10-17(11-13-20)23-27-24(18-8-9-18)30(28-23)14-5-2/h4,7,10-13,18-19,31H,5-6,8-9,14-16H2,1-3H3/b7-4-. The molecule has 1 N–H and O–H groups in total. The van der Waals surface area contributed by atoms with E-state index in [0.29, 0.717) is 35.1 Å². The summed E-state index contributed by atoms with van der Waals surface area (Å²) in [4.78, 5) is 31.0. The number of carbonyl (C=O) groups excluding carboxylic acids is 2. The fourth-order valence-corrected chi connectivity index (χ4v) is 4.14. The summed E-state index contributed by atoms with van der Waals surface area (Å²) in [6.07, 6.45) is 6.22. The molecule has 2 heterocycles. The summed E-state index contributed by atoms with van der Waals surface area (Å²) in [6, 6.07) is 7.43. The smallest absolute Gasteiger partial charge is 0.261 e. The molecule has 0 radical (unpaired) electrons. The Hall–Kier alpha value is -3.26. The van der Waals surface area contributed by atoms with E-state index >= 15 is 0 Å². The lowest BCUT2D eigenvalue weighted by Gasteiger charge is -2.19. The quantitative estimate of drug-likeness (QED) is 0.510. The molecule has 1 saturated carbocycles. The Balaban J connectivity index is 1.35. The van der Waals surface area contributed by atoms with E-state index in [1.54, 1.807) is 19.1 Å². The maximum atomic E-state index is 12.6. The number of hydrogen-bond donors (Lipinski definition) is 1. The average molecular weight is 465 g/mol. The molecule has 4 rings (SSSR count). The number of ether oxygens (including phenoxy) is 1. The number of aliphatic hydroxyl groups excluding tert-OH is 1. The van der Waals surface area contributed by atoms with Crippen molar-refractivity contribution < 1.29 is 19.4 Å². The first-order valence-corrected chi connectivity index (χ1v) is 12.0. The number of β-amino-alcohol motifs (C(OH)–C–C–N with tert-alkyl or cyclic N) is 1. The summed E-state index contributed by atoms with van der Waals surface area (Å²) < 4.78 is 7.73. The number of aromatic nitrogens is 3. The third-order valence-electron chi connectivity index (χ3n) is 6.02. The van der Waals surface area contributed by atoms with Crippen LogP contribution in [0.3, 0.4) is 0 Å². The fraction of sp³-hybridized carbons (Fsp3) is 0.462. The topological polar surface area (TPSA) is 97.6 Å². The van der Waals surface area contributed by atoms with E-state index in [1.807, 2.05) is 35.9 Å². The van der Waals surface area contributed by atoms with Crippen molar-refractivity contribution in [3.63, 3.8) is 0 Å². The van der Waals surface area contributed by atoms with Crippen molar-refractivity contribution in [2.45, 2.75) is 65.0 Å². The van der Waals surface area contributed by atoms with Crippen LogP contribution in [0, 0.1) is 0 Å². The molecule has 2 amide bonds. The lowest BCUT2D eigenvalue weighted by atomic mass is 10.1. The number of hydrogen-bond acceptors (Lipinski definition) is 6. The average Bonchev–Trinajstić information content (AvgIpc) is 3.56. The maximum absolute atomic E-state index is 12.6. The normalized spacial score (nSPS) is 17.4. The summed E-state index contributed by atoms with van der Waals surface area (Å²) in [5.41, 5.74) is 1.79. The summed E-state index contributed by atoms with van der Waals surface area (Å²) in [5.74, 6) is 2.19. The molecule has 8 nitrogen and oxygen atoms in total. The molecule has 0 bridgehead atoms. The monoisotopic (exact) mass is 464 g/mol. The van der Waals surface area contributed by atoms with Crippen molar-refractivity contribution in [2.24, 2.45) is 0 Å². The molecule has 1 aromatic heterocycles. The second kappa shape index (κ2) is 10.3. The predicted octanol–water partition coefficient (Wildman–Crippen LogP) is 3.62. The molecule has 0 saturated heterocycles. The van der Waals surface area contributed by atoms with Crippen LogP contribution in [-0.2, 0) is 16.1 Å². The fourth-order valence-electron chi connectivity index (χ4n) is 4.14. The van der Waals surface area contributed by atoms with Gasteiger partial charge in [-0.2, -0.15) is 5.10 Å². The van der Waals surface area contributed by atoms with Gasteiger partial charge in [-0.3, -0.25) is 14.5 Å². The zero-order valence-electron chi connectivity index (χ0n) is 20.0. The Kier molecular flexibility index (Phi) is 7.26. The van der Waals surface area contributed by atoms with Gasteiger partial charge in [0.25, 0.3) is 11.8 Å². The molecule has 0 spiro atoms. The van der Waals surface area contributed by atoms with Crippen LogP contribution in [0.1, 0.15) is 58.2 Å². The van der Waals surface area contributed by atoms with Crippen LogP contribution in [0.4, 0.5) is 0 Å². The maximum Gasteiger partial charge on any atom is 0.261 e. The number of nitrogens with zero attached hydrogens (tertiary/aromatic N) is 4. The van der Waals surface area contributed by atoms with E-state index in [4.69, 9.17) is 9.72 Å². The molecular formula is C26H32N4O4. The van der Waals surface area contributed by atoms with Gasteiger partial charge in [-0.25, -0.2) is 9.67 Å². The van der Waals surface area contributed by atoms with Gasteiger partial charge in [0.1, 0.15) is 24.3 Å². The zero-order valence-corrected chi connectivity index (χ0v) is 20.0. The van der Waals surface area contributed by atoms with Crippen molar-refractivity contribution >= 4 is 11.8 Å². The van der Waals surface area contributed by atoms with Crippen LogP contribution in [0.2, 0.25) is 0 Å². The van der Waals surface area contributed by atoms with Gasteiger partial charge < -0.3 is 9.84 Å². The first kappa shape index (κ1) is 23.9. The first-order chi connectivity index (χ1) is 16.5. The number of amides is 2. The number of imide groups is 1. The van der Waals surface area contributed by atoms with Crippen molar-refractivity contribution in [1.29, 1.82) is 0 Å². The van der Waals surface area contributed by atoms with E-state index in [0.717, 1.165) is 29.3 Å². The van der Waals surface area contributed by atoms with Crippen LogP contribution >= 0.6 is 0 Å². The minimum absolute atomic E-state index is 0.0357. The van der Waals surface area contributed by atoms with Crippen molar-refractivity contribution in [3.8, 4) is 17.1 Å². The second-order valence-corrected chi connectivity index (χ2v) is 8.75. The molecule has 2 aliphatic rings. The SMILES string of the molecule is C/C=C\C1=C(CC)C(=O)N(CC(O)COc2ccc(-c3nc(C4CC4)n(CCC)n3)cc2)C1=O. The lowest BCUT2D eigenvalue weighted by Crippen LogP contribution is -2.40. The Bertz CT molecular complexity index is 1110. The van der Waals surface area contributed by atoms with Gasteiger partial charge in [-0.1, -0.05) is 26.0 Å². The molecule has 1 aliphatic heterocycles. The predicted molar refractivity (Wildman–Crippen MR) is 128 cm³/mol. The Morgan fingerprint density at radius 1 is 1.18 bits per heavy atom. The largest absolute Gasteiger partial charge is 0.491 e. The molecule has 180 valence electrons. The first-order valence-electron chi connectivity index (χ1n) is 12.0. The third-order valence-corrected chi connectivity index (χ3v) is 6.02. The molecule has 8 heteroatoms. The van der Waals surface area contributed by atoms with Gasteiger partial charge in [0.2, 0.25) is 0 Å². The minimum atomic E-state index is -0.997. The van der Waals surface area contributed by atoms with Gasteiger partial charge in [-0.15, -0.1) is 0 Å². The van der Waals surface area contributed by atoms with Gasteiger partial charge in [0.05, 0.1) is 6.54 Å². The van der Waals surface area contributed by atoms with E-state index in [2.05, 4.69) is 12.0 Å². The molecular weight excluding hydrogens is 432 g/mol. The number of rotatable bonds is 11. The van der Waals surface area contributed by atoms with Gasteiger partial charge >= 0.3 is 0 Å². The minimum Gasteiger partial charge on any atom is -0.491 e. The molecule has 1 fully saturated rings. The van der Waals surface area contributed by atoms with Gasteiger partial charge in [0, 0.05) is 29.2 Å². The molecule has 1 atom stereocenters. The molecule has 34 heavy (non-hydrogen) atoms. The molecule has 1 aromatic carbocycles. The lowest BCUT2D eigenvalue weighted by molar-refractivity contribution is -0.139. The third kappa shape index (κ3) is 4.97. The number of aryl methyl sites for hydroxylation is 1. The number of aliphatic hydroxyl groups is 1. The van der Waals surface area contributed by atoms with Crippen LogP contribution in [0.5, 0.6) is 5.75 Å². The highest BCUT2D eigenvalue weighted by atomic mass is 16.5. The van der Waals surface area contributed by atoms with Crippen molar-refractivity contribution in [1.82, 2.24) is 19.7 Å². The van der Waals surface area contributed by atoms with Gasteiger partial charge in [-0.05, 0) is 56.9 Å². The summed E-state index contributed by atoms with van der Waals surface area (Å²) in [5, 5.41) is 15.1. The summed E-state index contributed by atoms with van der Waals surface area (Å²) >= 11 is 0. The highest BCUT2D eigenvalue weighted by Crippen LogP contribution is 2.39. The molecule has 2 aromatic rings. The van der Waals surface area contributed by atoms with E-state index in [9.17, 15) is 14.7 Å². The van der Waals surface area contributed by atoms with Crippen LogP contribution in [0.25, 0.3) is 11.4 Å². The number of benzene rings is 1. The van der Waals surface area contributed by atoms with Gasteiger partial charge in [0.15, 0.2) is 5.82 Å².